The maximum atomic E-state index is 12.6. The largest absolute Gasteiger partial charge is 0.459 e. The van der Waals surface area contributed by atoms with Crippen LogP contribution in [0, 0.1) is 0 Å². The zero-order chi connectivity index (χ0) is 16.0. The van der Waals surface area contributed by atoms with Gasteiger partial charge < -0.3 is 19.5 Å². The number of rotatable bonds is 8. The molecule has 0 heterocycles. The second-order valence-electron chi connectivity index (χ2n) is 5.10. The number of carbonyl (C=O) groups excluding carboxylic acids is 2. The lowest BCUT2D eigenvalue weighted by Crippen LogP contribution is -2.35. The first-order chi connectivity index (χ1) is 9.05. The highest BCUT2D eigenvalue weighted by Gasteiger charge is 2.44. The quantitative estimate of drug-likeness (QED) is 0.542. The minimum absolute atomic E-state index is 0.0787. The minimum Gasteiger partial charge on any atom is -0.459 e. The van der Waals surface area contributed by atoms with Gasteiger partial charge in [0, 0.05) is 0 Å². The van der Waals surface area contributed by atoms with Crippen LogP contribution in [0.25, 0.3) is 0 Å². The third-order valence-corrected chi connectivity index (χ3v) is 4.47. The maximum absolute atomic E-state index is 12.6. The molecule has 0 aliphatic rings. The fraction of sp³-hybridized carbons (Fsp3) is 0.833. The highest BCUT2D eigenvalue weighted by molar-refractivity contribution is 7.55. The number of amides is 1. The Morgan fingerprint density at radius 1 is 1.15 bits per heavy atom. The van der Waals surface area contributed by atoms with E-state index in [-0.39, 0.29) is 13.2 Å². The second kappa shape index (κ2) is 7.76. The van der Waals surface area contributed by atoms with Gasteiger partial charge in [0.2, 0.25) is 5.91 Å². The van der Waals surface area contributed by atoms with E-state index in [1.807, 2.05) is 0 Å². The average molecular weight is 309 g/mol. The molecule has 0 aromatic rings. The molecule has 118 valence electrons. The smallest absolute Gasteiger partial charge is 0.345 e. The zero-order valence-corrected chi connectivity index (χ0v) is 13.6. The number of primary amides is 1. The molecule has 0 saturated heterocycles. The van der Waals surface area contributed by atoms with Crippen molar-refractivity contribution in [1.29, 1.82) is 0 Å². The first kappa shape index (κ1) is 19.1. The molecule has 0 spiro atoms. The molecule has 0 aromatic carbocycles. The number of hydrogen-bond acceptors (Lipinski definition) is 6. The van der Waals surface area contributed by atoms with Gasteiger partial charge in [-0.15, -0.1) is 0 Å². The van der Waals surface area contributed by atoms with Crippen molar-refractivity contribution in [2.45, 2.75) is 52.3 Å². The Labute approximate surface area is 119 Å². The van der Waals surface area contributed by atoms with Crippen LogP contribution in [0.15, 0.2) is 0 Å². The number of nitrogens with two attached hydrogens (primary N) is 1. The molecule has 0 aliphatic carbocycles. The predicted molar refractivity (Wildman–Crippen MR) is 74.3 cm³/mol. The molecular weight excluding hydrogens is 285 g/mol. The lowest BCUT2D eigenvalue weighted by Gasteiger charge is -2.27. The van der Waals surface area contributed by atoms with E-state index < -0.39 is 37.2 Å². The average Bonchev–Trinajstić information content (AvgIpc) is 2.23. The van der Waals surface area contributed by atoms with Gasteiger partial charge in [-0.1, -0.05) is 0 Å². The Balaban J connectivity index is 5.34. The van der Waals surface area contributed by atoms with Crippen molar-refractivity contribution in [1.82, 2.24) is 0 Å². The number of ether oxygens (including phenoxy) is 1. The third kappa shape index (κ3) is 6.50. The van der Waals surface area contributed by atoms with E-state index in [4.69, 9.17) is 19.5 Å². The Kier molecular flexibility index (Phi) is 7.41. The molecule has 1 unspecified atom stereocenters. The molecule has 20 heavy (non-hydrogen) atoms. The van der Waals surface area contributed by atoms with Crippen LogP contribution in [0.3, 0.4) is 0 Å². The molecular formula is C12H24NO6P. The van der Waals surface area contributed by atoms with E-state index in [2.05, 4.69) is 0 Å². The molecule has 0 saturated carbocycles. The lowest BCUT2D eigenvalue weighted by atomic mass is 10.2. The summed E-state index contributed by atoms with van der Waals surface area (Å²) in [6.45, 7) is 8.38. The number of esters is 1. The van der Waals surface area contributed by atoms with Gasteiger partial charge in [-0.3, -0.25) is 14.2 Å². The van der Waals surface area contributed by atoms with Crippen LogP contribution in [0.5, 0.6) is 0 Å². The summed E-state index contributed by atoms with van der Waals surface area (Å²) in [6, 6.07) is 0. The van der Waals surface area contributed by atoms with Gasteiger partial charge in [-0.2, -0.15) is 0 Å². The van der Waals surface area contributed by atoms with Gasteiger partial charge in [0.05, 0.1) is 19.6 Å². The van der Waals surface area contributed by atoms with E-state index in [1.54, 1.807) is 34.6 Å². The Bertz CT molecular complexity index is 380. The SMILES string of the molecule is CCOP(=O)(OCC)C(CC(N)=O)C(=O)OC(C)(C)C. The molecule has 7 nitrogen and oxygen atoms in total. The van der Waals surface area contributed by atoms with Crippen LogP contribution in [0.2, 0.25) is 0 Å². The van der Waals surface area contributed by atoms with Crippen LogP contribution < -0.4 is 5.73 Å². The van der Waals surface area contributed by atoms with E-state index in [1.165, 1.54) is 0 Å². The fourth-order valence-electron chi connectivity index (χ4n) is 1.46. The summed E-state index contributed by atoms with van der Waals surface area (Å²) < 4.78 is 28.0. The van der Waals surface area contributed by atoms with Crippen molar-refractivity contribution in [2.24, 2.45) is 5.73 Å². The minimum atomic E-state index is -3.80. The summed E-state index contributed by atoms with van der Waals surface area (Å²) in [5, 5.41) is 0. The topological polar surface area (TPSA) is 105 Å². The van der Waals surface area contributed by atoms with E-state index >= 15 is 0 Å². The summed E-state index contributed by atoms with van der Waals surface area (Å²) >= 11 is 0. The Hall–Kier alpha value is -0.910. The van der Waals surface area contributed by atoms with Crippen LogP contribution in [0.4, 0.5) is 0 Å². The van der Waals surface area contributed by atoms with Crippen molar-refractivity contribution >= 4 is 19.5 Å². The van der Waals surface area contributed by atoms with Gasteiger partial charge in [-0.25, -0.2) is 0 Å². The van der Waals surface area contributed by atoms with Crippen molar-refractivity contribution < 1.29 is 27.9 Å². The highest BCUT2D eigenvalue weighted by Crippen LogP contribution is 2.54. The molecule has 2 N–H and O–H groups in total. The van der Waals surface area contributed by atoms with Crippen LogP contribution in [0.1, 0.15) is 41.0 Å². The second-order valence-corrected chi connectivity index (χ2v) is 7.31. The highest BCUT2D eigenvalue weighted by atomic mass is 31.2. The van der Waals surface area contributed by atoms with Crippen molar-refractivity contribution in [3.63, 3.8) is 0 Å². The normalized spacial score (nSPS) is 13.8. The zero-order valence-electron chi connectivity index (χ0n) is 12.7. The molecule has 0 aromatic heterocycles. The predicted octanol–water partition coefficient (Wildman–Crippen LogP) is 1.84. The van der Waals surface area contributed by atoms with E-state index in [9.17, 15) is 14.2 Å². The molecule has 0 fully saturated rings. The monoisotopic (exact) mass is 309 g/mol. The summed E-state index contributed by atoms with van der Waals surface area (Å²) in [5.74, 6) is -1.60. The van der Waals surface area contributed by atoms with E-state index in [0.717, 1.165) is 0 Å². The molecule has 1 amide bonds. The van der Waals surface area contributed by atoms with Crippen molar-refractivity contribution in [3.05, 3.63) is 0 Å². The van der Waals surface area contributed by atoms with Gasteiger partial charge in [0.15, 0.2) is 5.66 Å². The molecule has 1 atom stereocenters. The number of hydrogen-bond donors (Lipinski definition) is 1. The molecule has 0 radical (unpaired) electrons. The lowest BCUT2D eigenvalue weighted by molar-refractivity contribution is -0.155. The summed E-state index contributed by atoms with van der Waals surface area (Å²) in [7, 11) is -3.80. The van der Waals surface area contributed by atoms with Crippen LogP contribution in [-0.4, -0.2) is 36.4 Å². The number of carbonyl (C=O) groups is 2. The van der Waals surface area contributed by atoms with Crippen LogP contribution >= 0.6 is 7.60 Å². The Morgan fingerprint density at radius 3 is 1.90 bits per heavy atom. The van der Waals surface area contributed by atoms with Gasteiger partial charge in [0.25, 0.3) is 0 Å². The third-order valence-electron chi connectivity index (χ3n) is 2.07. The maximum Gasteiger partial charge on any atom is 0.345 e. The summed E-state index contributed by atoms with van der Waals surface area (Å²) in [5.41, 5.74) is 2.98. The van der Waals surface area contributed by atoms with Crippen molar-refractivity contribution in [2.75, 3.05) is 13.2 Å². The summed E-state index contributed by atoms with van der Waals surface area (Å²) in [6.07, 6.45) is -0.452. The van der Waals surface area contributed by atoms with E-state index in [0.29, 0.717) is 0 Å². The first-order valence-corrected chi connectivity index (χ1v) is 8.06. The van der Waals surface area contributed by atoms with Crippen LogP contribution in [-0.2, 0) is 27.9 Å². The summed E-state index contributed by atoms with van der Waals surface area (Å²) in [4.78, 5) is 23.2. The Morgan fingerprint density at radius 2 is 1.60 bits per heavy atom. The van der Waals surface area contributed by atoms with Gasteiger partial charge in [-0.05, 0) is 34.6 Å². The van der Waals surface area contributed by atoms with Crippen molar-refractivity contribution in [3.8, 4) is 0 Å². The molecule has 0 rings (SSSR count). The standard InChI is InChI=1S/C12H24NO6P/c1-6-17-20(16,18-7-2)9(8-10(13)14)11(15)19-12(3,4)5/h9H,6-8H2,1-5H3,(H2,13,14). The van der Waals surface area contributed by atoms with Gasteiger partial charge in [0.1, 0.15) is 5.60 Å². The molecule has 0 bridgehead atoms. The fourth-order valence-corrected chi connectivity index (χ4v) is 3.33. The first-order valence-electron chi connectivity index (χ1n) is 6.45. The van der Waals surface area contributed by atoms with Gasteiger partial charge >= 0.3 is 13.6 Å². The molecule has 0 aliphatic heterocycles. The molecule has 8 heteroatoms.